The Kier molecular flexibility index (Phi) is 7.18. The lowest BCUT2D eigenvalue weighted by Gasteiger charge is -2.35. The van der Waals surface area contributed by atoms with Crippen molar-refractivity contribution in [2.75, 3.05) is 33.2 Å². The number of nitrogens with zero attached hydrogens (tertiary/aromatic N) is 3. The van der Waals surface area contributed by atoms with Gasteiger partial charge in [0.15, 0.2) is 0 Å². The number of hydrogen-bond donors (Lipinski definition) is 1. The van der Waals surface area contributed by atoms with Gasteiger partial charge in [0.25, 0.3) is 5.91 Å². The van der Waals surface area contributed by atoms with Gasteiger partial charge in [-0.3, -0.25) is 19.5 Å². The lowest BCUT2D eigenvalue weighted by Crippen LogP contribution is -2.50. The van der Waals surface area contributed by atoms with Crippen molar-refractivity contribution < 1.29 is 22.8 Å². The molecule has 150 valence electrons. The van der Waals surface area contributed by atoms with Gasteiger partial charge in [-0.15, -0.1) is 0 Å². The van der Waals surface area contributed by atoms with E-state index in [2.05, 4.69) is 10.3 Å². The quantitative estimate of drug-likeness (QED) is 0.812. The maximum Gasteiger partial charge on any atom is 0.401 e. The molecule has 1 fully saturated rings. The summed E-state index contributed by atoms with van der Waals surface area (Å²) in [6.07, 6.45) is -1.38. The molecule has 0 saturated carbocycles. The Balaban J connectivity index is 1.76. The Morgan fingerprint density at radius 1 is 1.33 bits per heavy atom. The fourth-order valence-corrected chi connectivity index (χ4v) is 3.05. The molecule has 1 N–H and O–H groups in total. The molecule has 9 heteroatoms. The average molecular weight is 386 g/mol. The molecule has 0 radical (unpaired) electrons. The number of pyridine rings is 1. The summed E-state index contributed by atoms with van der Waals surface area (Å²) < 4.78 is 37.5. The van der Waals surface area contributed by atoms with E-state index < -0.39 is 18.8 Å². The minimum Gasteiger partial charge on any atom is -0.350 e. The standard InChI is InChI=1S/C18H25F3N4O2/c1-13(24(2)12-18(19,20)21)17(27)25-9-6-14(7-10-25)11-23-16(26)15-5-3-4-8-22-15/h3-5,8,13-14H,6-7,9-12H2,1-2H3,(H,23,26). The molecule has 1 aliphatic heterocycles. The second kappa shape index (κ2) is 9.16. The first kappa shape index (κ1) is 21.1. The molecule has 1 saturated heterocycles. The van der Waals surface area contributed by atoms with E-state index in [9.17, 15) is 22.8 Å². The van der Waals surface area contributed by atoms with Crippen molar-refractivity contribution in [3.8, 4) is 0 Å². The van der Waals surface area contributed by atoms with Crippen LogP contribution in [0.5, 0.6) is 0 Å². The van der Waals surface area contributed by atoms with Gasteiger partial charge in [-0.1, -0.05) is 6.07 Å². The number of halogens is 3. The Labute approximate surface area is 156 Å². The average Bonchev–Trinajstić information content (AvgIpc) is 2.64. The highest BCUT2D eigenvalue weighted by Crippen LogP contribution is 2.20. The van der Waals surface area contributed by atoms with Crippen molar-refractivity contribution in [2.24, 2.45) is 5.92 Å². The van der Waals surface area contributed by atoms with Crippen LogP contribution < -0.4 is 5.32 Å². The molecule has 1 aliphatic rings. The van der Waals surface area contributed by atoms with Gasteiger partial charge in [-0.25, -0.2) is 0 Å². The lowest BCUT2D eigenvalue weighted by molar-refractivity contribution is -0.155. The number of likely N-dealkylation sites (tertiary alicyclic amines) is 1. The zero-order valence-corrected chi connectivity index (χ0v) is 15.5. The summed E-state index contributed by atoms with van der Waals surface area (Å²) in [7, 11) is 1.30. The second-order valence-corrected chi connectivity index (χ2v) is 6.90. The molecule has 0 aliphatic carbocycles. The summed E-state index contributed by atoms with van der Waals surface area (Å²) in [6.45, 7) is 1.82. The number of alkyl halides is 3. The van der Waals surface area contributed by atoms with E-state index in [1.165, 1.54) is 14.0 Å². The third kappa shape index (κ3) is 6.50. The number of hydrogen-bond acceptors (Lipinski definition) is 4. The third-order valence-electron chi connectivity index (χ3n) is 4.82. The fourth-order valence-electron chi connectivity index (χ4n) is 3.05. The van der Waals surface area contributed by atoms with Gasteiger partial charge in [-0.05, 0) is 44.9 Å². The van der Waals surface area contributed by atoms with Crippen LogP contribution in [0, 0.1) is 5.92 Å². The molecule has 6 nitrogen and oxygen atoms in total. The molecule has 0 bridgehead atoms. The highest BCUT2D eigenvalue weighted by atomic mass is 19.4. The number of amides is 2. The van der Waals surface area contributed by atoms with Crippen LogP contribution in [0.15, 0.2) is 24.4 Å². The molecule has 2 rings (SSSR count). The van der Waals surface area contributed by atoms with Crippen LogP contribution in [0.25, 0.3) is 0 Å². The third-order valence-corrected chi connectivity index (χ3v) is 4.82. The van der Waals surface area contributed by atoms with Gasteiger partial charge >= 0.3 is 6.18 Å². The molecule has 1 atom stereocenters. The fraction of sp³-hybridized carbons (Fsp3) is 0.611. The van der Waals surface area contributed by atoms with E-state index in [1.54, 1.807) is 29.3 Å². The molecule has 1 aromatic rings. The molecule has 0 spiro atoms. The first-order valence-electron chi connectivity index (χ1n) is 8.92. The predicted molar refractivity (Wildman–Crippen MR) is 94.0 cm³/mol. The summed E-state index contributed by atoms with van der Waals surface area (Å²) in [5.74, 6) is -0.306. The highest BCUT2D eigenvalue weighted by Gasteiger charge is 2.34. The Morgan fingerprint density at radius 2 is 2.00 bits per heavy atom. The SMILES string of the molecule is CC(C(=O)N1CCC(CNC(=O)c2ccccn2)CC1)N(C)CC(F)(F)F. The zero-order valence-electron chi connectivity index (χ0n) is 15.5. The van der Waals surface area contributed by atoms with Crippen molar-refractivity contribution in [3.63, 3.8) is 0 Å². The summed E-state index contributed by atoms with van der Waals surface area (Å²) >= 11 is 0. The number of nitrogens with one attached hydrogen (secondary N) is 1. The van der Waals surface area contributed by atoms with Gasteiger partial charge in [-0.2, -0.15) is 13.2 Å². The van der Waals surface area contributed by atoms with Crippen LogP contribution in [0.3, 0.4) is 0 Å². The number of piperidine rings is 1. The van der Waals surface area contributed by atoms with E-state index in [0.29, 0.717) is 38.2 Å². The summed E-state index contributed by atoms with van der Waals surface area (Å²) in [6, 6.07) is 4.28. The molecule has 27 heavy (non-hydrogen) atoms. The van der Waals surface area contributed by atoms with Crippen LogP contribution in [-0.2, 0) is 4.79 Å². The predicted octanol–water partition coefficient (Wildman–Crippen LogP) is 1.93. The minimum atomic E-state index is -4.33. The topological polar surface area (TPSA) is 65.5 Å². The molecule has 2 amide bonds. The smallest absolute Gasteiger partial charge is 0.350 e. The zero-order chi connectivity index (χ0) is 20.0. The van der Waals surface area contributed by atoms with E-state index in [0.717, 1.165) is 4.90 Å². The largest absolute Gasteiger partial charge is 0.401 e. The summed E-state index contributed by atoms with van der Waals surface area (Å²) in [5.41, 5.74) is 0.353. The Hall–Kier alpha value is -2.16. The number of carbonyl (C=O) groups excluding carboxylic acids is 2. The molecule has 0 aromatic carbocycles. The lowest BCUT2D eigenvalue weighted by atomic mass is 9.96. The van der Waals surface area contributed by atoms with E-state index >= 15 is 0 Å². The first-order valence-corrected chi connectivity index (χ1v) is 8.92. The minimum absolute atomic E-state index is 0.227. The van der Waals surface area contributed by atoms with Crippen molar-refractivity contribution in [1.29, 1.82) is 0 Å². The van der Waals surface area contributed by atoms with Gasteiger partial charge in [0.1, 0.15) is 5.69 Å². The van der Waals surface area contributed by atoms with E-state index in [-0.39, 0.29) is 17.7 Å². The highest BCUT2D eigenvalue weighted by molar-refractivity contribution is 5.92. The first-order chi connectivity index (χ1) is 12.7. The normalized spacial score (nSPS) is 17.0. The van der Waals surface area contributed by atoms with Crippen LogP contribution in [0.1, 0.15) is 30.3 Å². The maximum absolute atomic E-state index is 12.5. The Bertz CT molecular complexity index is 631. The van der Waals surface area contributed by atoms with Crippen LogP contribution in [0.4, 0.5) is 13.2 Å². The second-order valence-electron chi connectivity index (χ2n) is 6.90. The van der Waals surface area contributed by atoms with Crippen LogP contribution in [-0.4, -0.2) is 72.0 Å². The number of carbonyl (C=O) groups is 2. The van der Waals surface area contributed by atoms with Crippen molar-refractivity contribution >= 4 is 11.8 Å². The molecule has 1 aromatic heterocycles. The number of aromatic nitrogens is 1. The van der Waals surface area contributed by atoms with Crippen molar-refractivity contribution in [2.45, 2.75) is 32.0 Å². The van der Waals surface area contributed by atoms with Crippen molar-refractivity contribution in [3.05, 3.63) is 30.1 Å². The molecule has 2 heterocycles. The Morgan fingerprint density at radius 3 is 2.56 bits per heavy atom. The van der Waals surface area contributed by atoms with Gasteiger partial charge in [0, 0.05) is 25.8 Å². The molecular weight excluding hydrogens is 361 g/mol. The van der Waals surface area contributed by atoms with E-state index in [1.807, 2.05) is 0 Å². The van der Waals surface area contributed by atoms with Gasteiger partial charge < -0.3 is 10.2 Å². The van der Waals surface area contributed by atoms with Gasteiger partial charge in [0.2, 0.25) is 5.91 Å². The summed E-state index contributed by atoms with van der Waals surface area (Å²) in [5, 5.41) is 2.84. The van der Waals surface area contributed by atoms with Crippen LogP contribution >= 0.6 is 0 Å². The van der Waals surface area contributed by atoms with Crippen LogP contribution in [0.2, 0.25) is 0 Å². The maximum atomic E-state index is 12.5. The monoisotopic (exact) mass is 386 g/mol. The number of likely N-dealkylation sites (N-methyl/N-ethyl adjacent to an activating group) is 1. The summed E-state index contributed by atoms with van der Waals surface area (Å²) in [4.78, 5) is 31.0. The van der Waals surface area contributed by atoms with Gasteiger partial charge in [0.05, 0.1) is 12.6 Å². The number of rotatable bonds is 6. The van der Waals surface area contributed by atoms with E-state index in [4.69, 9.17) is 0 Å². The molecular formula is C18H25F3N4O2. The van der Waals surface area contributed by atoms with Crippen molar-refractivity contribution in [1.82, 2.24) is 20.1 Å². The molecule has 1 unspecified atom stereocenters.